The number of hydrogen-bond acceptors (Lipinski definition) is 6. The minimum atomic E-state index is -3.70. The van der Waals surface area contributed by atoms with Crippen LogP contribution in [0.5, 0.6) is 0 Å². The number of rotatable bonds is 6. The Morgan fingerprint density at radius 1 is 1.19 bits per heavy atom. The van der Waals surface area contributed by atoms with Crippen LogP contribution >= 0.6 is 0 Å². The predicted octanol–water partition coefficient (Wildman–Crippen LogP) is 3.03. The van der Waals surface area contributed by atoms with Gasteiger partial charge in [0.15, 0.2) is 0 Å². The molecule has 9 heteroatoms. The maximum atomic E-state index is 13.5. The second-order valence-electron chi connectivity index (χ2n) is 8.10. The summed E-state index contributed by atoms with van der Waals surface area (Å²) >= 11 is 0. The van der Waals surface area contributed by atoms with Crippen molar-refractivity contribution in [2.75, 3.05) is 26.0 Å². The molecular weight excluding hydrogens is 414 g/mol. The van der Waals surface area contributed by atoms with Crippen LogP contribution in [0.2, 0.25) is 0 Å². The maximum absolute atomic E-state index is 13.5. The van der Waals surface area contributed by atoms with Crippen LogP contribution in [0.1, 0.15) is 54.9 Å². The predicted molar refractivity (Wildman–Crippen MR) is 120 cm³/mol. The van der Waals surface area contributed by atoms with Gasteiger partial charge < -0.3 is 10.2 Å². The number of aromatic nitrogens is 2. The highest BCUT2D eigenvalue weighted by molar-refractivity contribution is 7.89. The fourth-order valence-corrected chi connectivity index (χ4v) is 5.43. The summed E-state index contributed by atoms with van der Waals surface area (Å²) in [6.45, 7) is 6.14. The zero-order valence-corrected chi connectivity index (χ0v) is 19.7. The van der Waals surface area contributed by atoms with Gasteiger partial charge >= 0.3 is 0 Å². The molecule has 2 aromatic rings. The summed E-state index contributed by atoms with van der Waals surface area (Å²) in [4.78, 5) is 22.8. The number of aryl methyl sites for hydroxylation is 2. The van der Waals surface area contributed by atoms with Gasteiger partial charge in [-0.3, -0.25) is 4.79 Å². The van der Waals surface area contributed by atoms with Crippen molar-refractivity contribution in [3.63, 3.8) is 0 Å². The molecule has 168 valence electrons. The van der Waals surface area contributed by atoms with E-state index < -0.39 is 16.1 Å². The molecule has 0 saturated carbocycles. The molecule has 1 fully saturated rings. The van der Waals surface area contributed by atoms with Crippen LogP contribution in [0, 0.1) is 13.8 Å². The number of sulfonamides is 1. The van der Waals surface area contributed by atoms with Gasteiger partial charge in [-0.2, -0.15) is 4.31 Å². The van der Waals surface area contributed by atoms with Gasteiger partial charge in [-0.1, -0.05) is 12.5 Å². The van der Waals surface area contributed by atoms with Crippen molar-refractivity contribution < 1.29 is 13.2 Å². The van der Waals surface area contributed by atoms with E-state index in [0.29, 0.717) is 41.7 Å². The smallest absolute Gasteiger partial charge is 0.243 e. The lowest BCUT2D eigenvalue weighted by atomic mass is 10.0. The molecule has 2 heterocycles. The van der Waals surface area contributed by atoms with Gasteiger partial charge in [0.1, 0.15) is 11.6 Å². The summed E-state index contributed by atoms with van der Waals surface area (Å²) in [6, 6.07) is 6.58. The van der Waals surface area contributed by atoms with Crippen molar-refractivity contribution in [3.05, 3.63) is 46.9 Å². The third kappa shape index (κ3) is 5.04. The molecule has 1 aliphatic heterocycles. The molecule has 0 bridgehead atoms. The van der Waals surface area contributed by atoms with Crippen LogP contribution in [0.15, 0.2) is 29.2 Å². The van der Waals surface area contributed by atoms with E-state index in [9.17, 15) is 13.2 Å². The summed E-state index contributed by atoms with van der Waals surface area (Å²) < 4.78 is 28.6. The lowest BCUT2D eigenvalue weighted by molar-refractivity contribution is -0.128. The van der Waals surface area contributed by atoms with Gasteiger partial charge in [-0.15, -0.1) is 0 Å². The number of amides is 1. The number of piperidine rings is 1. The Morgan fingerprint density at radius 3 is 2.58 bits per heavy atom. The standard InChI is InChI=1S/C22H31N5O3S/c1-15-9-10-19(12-16(15)2)31(29,30)27-11-7-6-8-20(27)22-24-18(13-21(23-4)25-22)14-26(5)17(3)28/h9-10,12-13,20H,6-8,11,14H2,1-5H3,(H,23,24,25). The number of anilines is 1. The minimum Gasteiger partial charge on any atom is -0.373 e. The molecule has 1 aromatic heterocycles. The van der Waals surface area contributed by atoms with Gasteiger partial charge in [0.05, 0.1) is 23.2 Å². The zero-order chi connectivity index (χ0) is 22.8. The van der Waals surface area contributed by atoms with E-state index in [1.54, 1.807) is 37.2 Å². The molecule has 1 N–H and O–H groups in total. The molecule has 0 spiro atoms. The third-order valence-electron chi connectivity index (χ3n) is 5.83. The Bertz CT molecular complexity index is 1070. The van der Waals surface area contributed by atoms with Crippen LogP contribution in [-0.4, -0.2) is 54.1 Å². The molecule has 31 heavy (non-hydrogen) atoms. The third-order valence-corrected chi connectivity index (χ3v) is 7.73. The molecule has 1 aliphatic rings. The highest BCUT2D eigenvalue weighted by Gasteiger charge is 2.36. The number of carbonyl (C=O) groups is 1. The van der Waals surface area contributed by atoms with Crippen LogP contribution < -0.4 is 5.32 Å². The Morgan fingerprint density at radius 2 is 1.94 bits per heavy atom. The lowest BCUT2D eigenvalue weighted by Crippen LogP contribution is -2.39. The molecule has 0 radical (unpaired) electrons. The van der Waals surface area contributed by atoms with Crippen LogP contribution in [0.3, 0.4) is 0 Å². The van der Waals surface area contributed by atoms with E-state index in [-0.39, 0.29) is 5.91 Å². The van der Waals surface area contributed by atoms with Crippen LogP contribution in [0.25, 0.3) is 0 Å². The largest absolute Gasteiger partial charge is 0.373 e. The summed E-state index contributed by atoms with van der Waals surface area (Å²) in [7, 11) is -0.232. The number of nitrogens with zero attached hydrogens (tertiary/aromatic N) is 4. The summed E-state index contributed by atoms with van der Waals surface area (Å²) in [5.41, 5.74) is 2.66. The molecule has 3 rings (SSSR count). The second-order valence-corrected chi connectivity index (χ2v) is 9.99. The Balaban J connectivity index is 2.01. The highest BCUT2D eigenvalue weighted by atomic mass is 32.2. The first-order valence-corrected chi connectivity index (χ1v) is 11.9. The molecular formula is C22H31N5O3S. The minimum absolute atomic E-state index is 0.0669. The van der Waals surface area contributed by atoms with E-state index in [1.807, 2.05) is 19.9 Å². The van der Waals surface area contributed by atoms with Gasteiger partial charge in [0.2, 0.25) is 15.9 Å². The van der Waals surface area contributed by atoms with Crippen molar-refractivity contribution in [3.8, 4) is 0 Å². The van der Waals surface area contributed by atoms with Crippen molar-refractivity contribution in [1.29, 1.82) is 0 Å². The number of nitrogens with one attached hydrogen (secondary N) is 1. The molecule has 8 nitrogen and oxygen atoms in total. The van der Waals surface area contributed by atoms with Crippen molar-refractivity contribution >= 4 is 21.7 Å². The van der Waals surface area contributed by atoms with Crippen molar-refractivity contribution in [2.45, 2.75) is 57.5 Å². The van der Waals surface area contributed by atoms with Gasteiger partial charge in [-0.25, -0.2) is 18.4 Å². The fraction of sp³-hybridized carbons (Fsp3) is 0.500. The SMILES string of the molecule is CNc1cc(CN(C)C(C)=O)nc(C2CCCCN2S(=O)(=O)c2ccc(C)c(C)c2)n1. The van der Waals surface area contributed by atoms with Gasteiger partial charge in [0.25, 0.3) is 0 Å². The van der Waals surface area contributed by atoms with Gasteiger partial charge in [-0.05, 0) is 49.9 Å². The molecule has 1 aromatic carbocycles. The highest BCUT2D eigenvalue weighted by Crippen LogP contribution is 2.35. The lowest BCUT2D eigenvalue weighted by Gasteiger charge is -2.34. The first-order valence-electron chi connectivity index (χ1n) is 10.5. The second kappa shape index (κ2) is 9.32. The molecule has 0 aliphatic carbocycles. The van der Waals surface area contributed by atoms with Crippen LogP contribution in [0.4, 0.5) is 5.82 Å². The molecule has 1 unspecified atom stereocenters. The Hall–Kier alpha value is -2.52. The van der Waals surface area contributed by atoms with E-state index in [4.69, 9.17) is 0 Å². The number of benzene rings is 1. The zero-order valence-electron chi connectivity index (χ0n) is 18.8. The van der Waals surface area contributed by atoms with E-state index in [1.165, 1.54) is 11.2 Å². The number of hydrogen-bond donors (Lipinski definition) is 1. The first kappa shape index (κ1) is 23.1. The Kier molecular flexibility index (Phi) is 6.96. The summed E-state index contributed by atoms with van der Waals surface area (Å²) in [5.74, 6) is 1.000. The summed E-state index contributed by atoms with van der Waals surface area (Å²) in [5, 5.41) is 3.03. The summed E-state index contributed by atoms with van der Waals surface area (Å²) in [6.07, 6.45) is 2.35. The van der Waals surface area contributed by atoms with E-state index in [2.05, 4.69) is 15.3 Å². The fourth-order valence-electron chi connectivity index (χ4n) is 3.69. The van der Waals surface area contributed by atoms with Crippen molar-refractivity contribution in [1.82, 2.24) is 19.2 Å². The Labute approximate surface area is 184 Å². The topological polar surface area (TPSA) is 95.5 Å². The monoisotopic (exact) mass is 445 g/mol. The quantitative estimate of drug-likeness (QED) is 0.734. The van der Waals surface area contributed by atoms with Gasteiger partial charge in [0, 0.05) is 33.6 Å². The molecule has 1 saturated heterocycles. The van der Waals surface area contributed by atoms with E-state index in [0.717, 1.165) is 24.0 Å². The van der Waals surface area contributed by atoms with Crippen molar-refractivity contribution in [2.24, 2.45) is 0 Å². The first-order chi connectivity index (χ1) is 14.6. The average Bonchev–Trinajstić information content (AvgIpc) is 2.75. The average molecular weight is 446 g/mol. The number of carbonyl (C=O) groups excluding carboxylic acids is 1. The normalized spacial score (nSPS) is 17.4. The van der Waals surface area contributed by atoms with E-state index >= 15 is 0 Å². The molecule has 1 atom stereocenters. The maximum Gasteiger partial charge on any atom is 0.243 e. The van der Waals surface area contributed by atoms with Crippen LogP contribution in [-0.2, 0) is 21.4 Å². The molecule has 1 amide bonds.